The lowest BCUT2D eigenvalue weighted by molar-refractivity contribution is -0.134. The molecule has 2 aliphatic heterocycles. The maximum Gasteiger partial charge on any atom is 0.335 e. The Morgan fingerprint density at radius 2 is 1.16 bits per heavy atom. The van der Waals surface area contributed by atoms with Crippen molar-refractivity contribution in [2.24, 2.45) is 0 Å². The first-order valence-corrected chi connectivity index (χ1v) is 15.7. The van der Waals surface area contributed by atoms with Crippen LogP contribution in [0.1, 0.15) is 32.6 Å². The van der Waals surface area contributed by atoms with E-state index >= 15 is 0 Å². The molecule has 3 aromatic rings. The number of carboxylic acid groups (broad SMARTS) is 5. The highest BCUT2D eigenvalue weighted by atomic mass is 16.5. The molecule has 0 amide bonds. The smallest absolute Gasteiger partial charge is 0.335 e. The Kier molecular flexibility index (Phi) is 15.5. The fourth-order valence-electron chi connectivity index (χ4n) is 4.99. The predicted octanol–water partition coefficient (Wildman–Crippen LogP) is 4.46. The van der Waals surface area contributed by atoms with Crippen molar-refractivity contribution in [1.29, 1.82) is 0 Å². The van der Waals surface area contributed by atoms with Gasteiger partial charge in [-0.15, -0.1) is 0 Å². The molecule has 2 heterocycles. The van der Waals surface area contributed by atoms with Gasteiger partial charge in [-0.1, -0.05) is 72.8 Å². The lowest BCUT2D eigenvalue weighted by Gasteiger charge is -2.33. The Morgan fingerprint density at radius 1 is 0.627 bits per heavy atom. The number of aliphatic carboxylic acids is 4. The maximum atomic E-state index is 11.6. The van der Waals surface area contributed by atoms with E-state index in [1.807, 2.05) is 18.2 Å². The van der Waals surface area contributed by atoms with Crippen molar-refractivity contribution in [3.8, 4) is 5.75 Å². The summed E-state index contributed by atoms with van der Waals surface area (Å²) in [6, 6.07) is 23.8. The number of hydrogen-bond donors (Lipinski definition) is 5. The van der Waals surface area contributed by atoms with Crippen molar-refractivity contribution in [3.05, 3.63) is 137 Å². The van der Waals surface area contributed by atoms with Crippen LogP contribution in [0.4, 0.5) is 0 Å². The zero-order valence-corrected chi connectivity index (χ0v) is 27.5. The van der Waals surface area contributed by atoms with E-state index in [-0.39, 0.29) is 5.56 Å². The van der Waals surface area contributed by atoms with Crippen molar-refractivity contribution < 1.29 is 54.2 Å². The van der Waals surface area contributed by atoms with Crippen molar-refractivity contribution in [2.45, 2.75) is 6.61 Å². The lowest BCUT2D eigenvalue weighted by Crippen LogP contribution is -2.46. The van der Waals surface area contributed by atoms with Crippen LogP contribution >= 0.6 is 0 Å². The number of carboxylic acids is 5. The number of aromatic carboxylic acids is 1. The first-order chi connectivity index (χ1) is 24.4. The second-order valence-corrected chi connectivity index (χ2v) is 11.0. The van der Waals surface area contributed by atoms with Gasteiger partial charge in [0, 0.05) is 69.1 Å². The Balaban J connectivity index is 0.000000366. The lowest BCUT2D eigenvalue weighted by atomic mass is 9.93. The van der Waals surface area contributed by atoms with E-state index in [0.29, 0.717) is 30.9 Å². The zero-order chi connectivity index (χ0) is 37.2. The van der Waals surface area contributed by atoms with Crippen LogP contribution in [0.2, 0.25) is 0 Å². The summed E-state index contributed by atoms with van der Waals surface area (Å²) in [5, 5.41) is 40.8. The predicted molar refractivity (Wildman–Crippen MR) is 188 cm³/mol. The third kappa shape index (κ3) is 14.0. The zero-order valence-electron chi connectivity index (χ0n) is 27.5. The van der Waals surface area contributed by atoms with E-state index in [0.717, 1.165) is 67.3 Å². The van der Waals surface area contributed by atoms with E-state index in [9.17, 15) is 29.1 Å². The van der Waals surface area contributed by atoms with Crippen LogP contribution < -0.4 is 4.74 Å². The minimum absolute atomic E-state index is 0.273. The number of fused-ring (bicyclic) bond motifs is 2. The topological polar surface area (TPSA) is 202 Å². The highest BCUT2D eigenvalue weighted by Crippen LogP contribution is 2.37. The standard InChI is InChI=1S/C30H30N2O3.2C4H4O4/c33-30(34)24-12-13-29-28(21-24)27(26-11-5-4-10-25(26)22-35-29)14-16-32-19-17-31(18-20-32)15-6-9-23-7-2-1-3-8-23;2*5-3(6)1-2-4(7)8/h1-14,21H,15-20,22H2,(H,33,34);2*1-2H,(H,5,6)(H,7,8)/b9-6+,27-14+;2*2-1+. The van der Waals surface area contributed by atoms with Gasteiger partial charge in [-0.2, -0.15) is 0 Å². The van der Waals surface area contributed by atoms with E-state index < -0.39 is 29.8 Å². The first kappa shape index (κ1) is 39.1. The number of carbonyl (C=O) groups is 5. The van der Waals surface area contributed by atoms with Crippen molar-refractivity contribution in [2.75, 3.05) is 39.3 Å². The molecule has 2 aliphatic rings. The molecule has 13 nitrogen and oxygen atoms in total. The molecule has 5 N–H and O–H groups in total. The van der Waals surface area contributed by atoms with Gasteiger partial charge in [0.25, 0.3) is 0 Å². The molecular weight excluding hydrogens is 660 g/mol. The fraction of sp³-hybridized carbons (Fsp3) is 0.184. The Morgan fingerprint density at radius 3 is 1.71 bits per heavy atom. The summed E-state index contributed by atoms with van der Waals surface area (Å²) in [6.45, 7) is 6.31. The summed E-state index contributed by atoms with van der Waals surface area (Å²) >= 11 is 0. The molecule has 266 valence electrons. The van der Waals surface area contributed by atoms with Gasteiger partial charge in [0.1, 0.15) is 12.4 Å². The van der Waals surface area contributed by atoms with Crippen LogP contribution in [0.15, 0.2) is 109 Å². The van der Waals surface area contributed by atoms with Crippen LogP contribution in [0.3, 0.4) is 0 Å². The third-order valence-electron chi connectivity index (χ3n) is 7.44. The Labute approximate surface area is 293 Å². The molecule has 0 unspecified atom stereocenters. The number of hydrogen-bond acceptors (Lipinski definition) is 8. The molecule has 0 radical (unpaired) electrons. The number of rotatable bonds is 10. The minimum Gasteiger partial charge on any atom is -0.488 e. The van der Waals surface area contributed by atoms with Crippen molar-refractivity contribution in [1.82, 2.24) is 9.80 Å². The van der Waals surface area contributed by atoms with E-state index in [2.05, 4.69) is 64.4 Å². The molecule has 51 heavy (non-hydrogen) atoms. The van der Waals surface area contributed by atoms with Gasteiger partial charge in [-0.3, -0.25) is 9.80 Å². The molecule has 13 heteroatoms. The van der Waals surface area contributed by atoms with Crippen LogP contribution in [-0.2, 0) is 25.8 Å². The second kappa shape index (κ2) is 20.3. The summed E-state index contributed by atoms with van der Waals surface area (Å²) in [6.07, 6.45) is 8.90. The SMILES string of the molecule is O=C(O)/C=C/C(=O)O.O=C(O)/C=C/C(=O)O.O=C(O)c1ccc2c(c1)/C(=C/CN1CCN(C/C=C/c3ccccc3)CC1)c1ccccc1CO2. The van der Waals surface area contributed by atoms with Crippen molar-refractivity contribution in [3.63, 3.8) is 0 Å². The average Bonchev–Trinajstić information content (AvgIpc) is 3.27. The quantitative estimate of drug-likeness (QED) is 0.186. The van der Waals surface area contributed by atoms with Crippen LogP contribution in [-0.4, -0.2) is 104 Å². The molecule has 0 aromatic heterocycles. The van der Waals surface area contributed by atoms with Gasteiger partial charge in [0.15, 0.2) is 0 Å². The highest BCUT2D eigenvalue weighted by molar-refractivity contribution is 5.93. The monoisotopic (exact) mass is 698 g/mol. The number of benzene rings is 3. The molecule has 1 fully saturated rings. The maximum absolute atomic E-state index is 11.6. The van der Waals surface area contributed by atoms with Gasteiger partial charge < -0.3 is 30.3 Å². The van der Waals surface area contributed by atoms with E-state index in [1.165, 1.54) is 5.56 Å². The molecule has 1 saturated heterocycles. The molecule has 0 spiro atoms. The van der Waals surface area contributed by atoms with Crippen molar-refractivity contribution >= 4 is 41.5 Å². The van der Waals surface area contributed by atoms with E-state index in [4.69, 9.17) is 25.2 Å². The number of piperazine rings is 1. The highest BCUT2D eigenvalue weighted by Gasteiger charge is 2.22. The molecular formula is C38H38N2O11. The summed E-state index contributed by atoms with van der Waals surface area (Å²) < 4.78 is 6.05. The van der Waals surface area contributed by atoms with Crippen LogP contribution in [0, 0.1) is 0 Å². The summed E-state index contributed by atoms with van der Waals surface area (Å²) in [5.74, 6) is -5.23. The van der Waals surface area contributed by atoms with Gasteiger partial charge in [0.2, 0.25) is 0 Å². The van der Waals surface area contributed by atoms with Crippen LogP contribution in [0.25, 0.3) is 11.6 Å². The third-order valence-corrected chi connectivity index (χ3v) is 7.44. The molecule has 0 bridgehead atoms. The first-order valence-electron chi connectivity index (χ1n) is 15.7. The van der Waals surface area contributed by atoms with Gasteiger partial charge in [-0.05, 0) is 40.5 Å². The van der Waals surface area contributed by atoms with Gasteiger partial charge in [-0.25, -0.2) is 24.0 Å². The largest absolute Gasteiger partial charge is 0.488 e. The van der Waals surface area contributed by atoms with Gasteiger partial charge >= 0.3 is 29.8 Å². The summed E-state index contributed by atoms with van der Waals surface area (Å²) in [4.78, 5) is 54.8. The van der Waals surface area contributed by atoms with Gasteiger partial charge in [0.05, 0.1) is 5.56 Å². The molecule has 5 rings (SSSR count). The second-order valence-electron chi connectivity index (χ2n) is 11.0. The Bertz CT molecular complexity index is 1740. The fourth-order valence-corrected chi connectivity index (χ4v) is 4.99. The molecule has 0 saturated carbocycles. The molecule has 3 aromatic carbocycles. The average molecular weight is 699 g/mol. The summed E-state index contributed by atoms with van der Waals surface area (Å²) in [7, 11) is 0. The summed E-state index contributed by atoms with van der Waals surface area (Å²) in [5.41, 5.74) is 5.62. The van der Waals surface area contributed by atoms with Crippen LogP contribution in [0.5, 0.6) is 5.75 Å². The molecule has 0 aliphatic carbocycles. The molecule has 0 atom stereocenters. The normalized spacial score (nSPS) is 15.0. The number of nitrogens with zero attached hydrogens (tertiary/aromatic N) is 2. The number of ether oxygens (including phenoxy) is 1. The van der Waals surface area contributed by atoms with E-state index in [1.54, 1.807) is 18.2 Å². The Hall–Kier alpha value is -6.31. The minimum atomic E-state index is -1.26.